The molecule has 128 valence electrons. The molecule has 0 amide bonds. The molecule has 0 unspecified atom stereocenters. The Bertz CT molecular complexity index is 968. The van der Waals surface area contributed by atoms with E-state index in [4.69, 9.17) is 9.47 Å². The number of hydrogen-bond donors (Lipinski definition) is 2. The molecule has 2 N–H and O–H groups in total. The Hall–Kier alpha value is -2.86. The van der Waals surface area contributed by atoms with E-state index in [9.17, 15) is 4.79 Å². The summed E-state index contributed by atoms with van der Waals surface area (Å²) < 4.78 is 11.2. The van der Waals surface area contributed by atoms with Crippen LogP contribution in [0.1, 0.15) is 24.4 Å². The van der Waals surface area contributed by atoms with Crippen LogP contribution in [0.2, 0.25) is 0 Å². The summed E-state index contributed by atoms with van der Waals surface area (Å²) in [4.78, 5) is 19.5. The molecule has 2 heterocycles. The lowest BCUT2D eigenvalue weighted by Crippen LogP contribution is -2.22. The number of benzene rings is 2. The molecule has 0 bridgehead atoms. The fraction of sp³-hybridized carbons (Fsp3) is 0.263. The van der Waals surface area contributed by atoms with E-state index in [1.807, 2.05) is 36.4 Å². The first kappa shape index (κ1) is 15.7. The molecule has 0 radical (unpaired) electrons. The Kier molecular flexibility index (Phi) is 4.11. The summed E-state index contributed by atoms with van der Waals surface area (Å²) in [5.41, 5.74) is 1.68. The van der Waals surface area contributed by atoms with Crippen LogP contribution in [0.4, 0.5) is 0 Å². The minimum absolute atomic E-state index is 0.0765. The number of aromatic amines is 1. The topological polar surface area (TPSA) is 76.2 Å². The van der Waals surface area contributed by atoms with E-state index < -0.39 is 0 Å². The number of nitrogens with zero attached hydrogens (tertiary/aromatic N) is 1. The average Bonchev–Trinajstić information content (AvgIpc) is 2.66. The third-order valence-electron chi connectivity index (χ3n) is 4.30. The van der Waals surface area contributed by atoms with Crippen LogP contribution in [0.25, 0.3) is 10.9 Å². The standard InChI is InChI=1S/C19H19N3O3/c1-12(13-6-7-16-17(10-13)25-9-8-24-16)20-11-18-21-15-5-3-2-4-14(15)19(23)22-18/h2-7,10,12,20H,8-9,11H2,1H3,(H,21,22,23)/t12-/m1/s1. The number of para-hydroxylation sites is 1. The number of fused-ring (bicyclic) bond motifs is 2. The van der Waals surface area contributed by atoms with Crippen LogP contribution in [0.3, 0.4) is 0 Å². The summed E-state index contributed by atoms with van der Waals surface area (Å²) in [5, 5.41) is 3.99. The third kappa shape index (κ3) is 3.21. The maximum absolute atomic E-state index is 12.1. The van der Waals surface area contributed by atoms with E-state index in [-0.39, 0.29) is 11.6 Å². The zero-order valence-electron chi connectivity index (χ0n) is 13.9. The van der Waals surface area contributed by atoms with Gasteiger partial charge in [-0.1, -0.05) is 18.2 Å². The van der Waals surface area contributed by atoms with Crippen LogP contribution in [-0.4, -0.2) is 23.2 Å². The Balaban J connectivity index is 1.50. The molecule has 2 aromatic carbocycles. The van der Waals surface area contributed by atoms with Crippen LogP contribution >= 0.6 is 0 Å². The second-order valence-electron chi connectivity index (χ2n) is 6.04. The summed E-state index contributed by atoms with van der Waals surface area (Å²) in [6.07, 6.45) is 0. The van der Waals surface area contributed by atoms with Crippen molar-refractivity contribution in [3.8, 4) is 11.5 Å². The molecule has 0 fully saturated rings. The van der Waals surface area contributed by atoms with Crippen molar-refractivity contribution in [3.63, 3.8) is 0 Å². The third-order valence-corrected chi connectivity index (χ3v) is 4.30. The molecule has 1 atom stereocenters. The summed E-state index contributed by atoms with van der Waals surface area (Å²) in [5.74, 6) is 2.17. The van der Waals surface area contributed by atoms with Gasteiger partial charge in [0, 0.05) is 6.04 Å². The lowest BCUT2D eigenvalue weighted by Gasteiger charge is -2.21. The van der Waals surface area contributed by atoms with Gasteiger partial charge in [-0.25, -0.2) is 4.98 Å². The van der Waals surface area contributed by atoms with E-state index in [2.05, 4.69) is 22.2 Å². The van der Waals surface area contributed by atoms with Crippen molar-refractivity contribution < 1.29 is 9.47 Å². The van der Waals surface area contributed by atoms with Gasteiger partial charge in [0.05, 0.1) is 17.4 Å². The highest BCUT2D eigenvalue weighted by Crippen LogP contribution is 2.32. The molecule has 6 nitrogen and oxygen atoms in total. The maximum Gasteiger partial charge on any atom is 0.258 e. The van der Waals surface area contributed by atoms with E-state index in [0.717, 1.165) is 17.1 Å². The van der Waals surface area contributed by atoms with Gasteiger partial charge < -0.3 is 19.8 Å². The molecule has 1 aliphatic heterocycles. The molecule has 6 heteroatoms. The van der Waals surface area contributed by atoms with Gasteiger partial charge in [0.2, 0.25) is 0 Å². The minimum Gasteiger partial charge on any atom is -0.486 e. The minimum atomic E-state index is -0.116. The average molecular weight is 337 g/mol. The smallest absolute Gasteiger partial charge is 0.258 e. The fourth-order valence-corrected chi connectivity index (χ4v) is 2.92. The van der Waals surface area contributed by atoms with E-state index in [1.54, 1.807) is 6.07 Å². The normalized spacial score (nSPS) is 14.4. The molecule has 4 rings (SSSR count). The highest BCUT2D eigenvalue weighted by molar-refractivity contribution is 5.77. The van der Waals surface area contributed by atoms with Gasteiger partial charge in [-0.05, 0) is 36.8 Å². The predicted octanol–water partition coefficient (Wildman–Crippen LogP) is 2.55. The van der Waals surface area contributed by atoms with Crippen molar-refractivity contribution in [3.05, 3.63) is 64.2 Å². The van der Waals surface area contributed by atoms with Crippen LogP contribution in [-0.2, 0) is 6.54 Å². The van der Waals surface area contributed by atoms with Crippen molar-refractivity contribution in [2.45, 2.75) is 19.5 Å². The van der Waals surface area contributed by atoms with Gasteiger partial charge in [-0.15, -0.1) is 0 Å². The van der Waals surface area contributed by atoms with Gasteiger partial charge >= 0.3 is 0 Å². The Morgan fingerprint density at radius 1 is 1.16 bits per heavy atom. The fourth-order valence-electron chi connectivity index (χ4n) is 2.92. The van der Waals surface area contributed by atoms with Gasteiger partial charge in [-0.2, -0.15) is 0 Å². The second kappa shape index (κ2) is 6.57. The zero-order chi connectivity index (χ0) is 17.2. The lowest BCUT2D eigenvalue weighted by atomic mass is 10.1. The maximum atomic E-state index is 12.1. The number of aromatic nitrogens is 2. The quantitative estimate of drug-likeness (QED) is 0.765. The Labute approximate surface area is 144 Å². The van der Waals surface area contributed by atoms with Crippen LogP contribution in [0.15, 0.2) is 47.3 Å². The van der Waals surface area contributed by atoms with Crippen molar-refractivity contribution in [1.29, 1.82) is 0 Å². The number of hydrogen-bond acceptors (Lipinski definition) is 5. The van der Waals surface area contributed by atoms with Gasteiger partial charge in [0.25, 0.3) is 5.56 Å². The molecule has 1 aliphatic rings. The first-order chi connectivity index (χ1) is 12.2. The predicted molar refractivity (Wildman–Crippen MR) is 95.1 cm³/mol. The van der Waals surface area contributed by atoms with Gasteiger partial charge in [0.15, 0.2) is 11.5 Å². The number of ether oxygens (including phenoxy) is 2. The van der Waals surface area contributed by atoms with E-state index in [1.165, 1.54) is 0 Å². The van der Waals surface area contributed by atoms with Crippen LogP contribution < -0.4 is 20.3 Å². The number of H-pyrrole nitrogens is 1. The summed E-state index contributed by atoms with van der Waals surface area (Å²) in [6, 6.07) is 13.3. The molecule has 0 saturated carbocycles. The second-order valence-corrected chi connectivity index (χ2v) is 6.04. The molecular weight excluding hydrogens is 318 g/mol. The first-order valence-electron chi connectivity index (χ1n) is 8.31. The summed E-state index contributed by atoms with van der Waals surface area (Å²) in [6.45, 7) is 3.68. The van der Waals surface area contributed by atoms with Crippen molar-refractivity contribution in [2.75, 3.05) is 13.2 Å². The molecule has 0 spiro atoms. The van der Waals surface area contributed by atoms with Crippen molar-refractivity contribution in [1.82, 2.24) is 15.3 Å². The van der Waals surface area contributed by atoms with Crippen LogP contribution in [0, 0.1) is 0 Å². The van der Waals surface area contributed by atoms with Gasteiger partial charge in [0.1, 0.15) is 19.0 Å². The van der Waals surface area contributed by atoms with E-state index >= 15 is 0 Å². The highest BCUT2D eigenvalue weighted by atomic mass is 16.6. The van der Waals surface area contributed by atoms with Crippen molar-refractivity contribution >= 4 is 10.9 Å². The summed E-state index contributed by atoms with van der Waals surface area (Å²) >= 11 is 0. The Morgan fingerprint density at radius 2 is 1.96 bits per heavy atom. The number of rotatable bonds is 4. The molecule has 0 aliphatic carbocycles. The molecule has 25 heavy (non-hydrogen) atoms. The monoisotopic (exact) mass is 337 g/mol. The Morgan fingerprint density at radius 3 is 2.84 bits per heavy atom. The van der Waals surface area contributed by atoms with Crippen LogP contribution in [0.5, 0.6) is 11.5 Å². The molecule has 1 aromatic heterocycles. The highest BCUT2D eigenvalue weighted by Gasteiger charge is 2.14. The molecule has 0 saturated heterocycles. The largest absolute Gasteiger partial charge is 0.486 e. The van der Waals surface area contributed by atoms with E-state index in [0.29, 0.717) is 36.5 Å². The zero-order valence-corrected chi connectivity index (χ0v) is 13.9. The summed E-state index contributed by atoms with van der Waals surface area (Å²) in [7, 11) is 0. The molecular formula is C19H19N3O3. The lowest BCUT2D eigenvalue weighted by molar-refractivity contribution is 0.171. The molecule has 3 aromatic rings. The number of nitrogens with one attached hydrogen (secondary N) is 2. The van der Waals surface area contributed by atoms with Crippen molar-refractivity contribution in [2.24, 2.45) is 0 Å². The SMILES string of the molecule is C[C@@H](NCc1nc2ccccc2c(=O)[nH]1)c1ccc2c(c1)OCCO2. The van der Waals surface area contributed by atoms with Gasteiger partial charge in [-0.3, -0.25) is 4.79 Å². The first-order valence-corrected chi connectivity index (χ1v) is 8.31.